The van der Waals surface area contributed by atoms with Crippen LogP contribution >= 0.6 is 0 Å². The fourth-order valence-electron chi connectivity index (χ4n) is 4.22. The van der Waals surface area contributed by atoms with E-state index in [9.17, 15) is 0 Å². The van der Waals surface area contributed by atoms with Crippen LogP contribution in [0.2, 0.25) is 0 Å². The highest BCUT2D eigenvalue weighted by atomic mass is 15.2. The largest absolute Gasteiger partial charge is 0.313 e. The molecular weight excluding hydrogens is 366 g/mol. The van der Waals surface area contributed by atoms with Crippen LogP contribution in [0.15, 0.2) is 79.9 Å². The van der Waals surface area contributed by atoms with Gasteiger partial charge in [0.1, 0.15) is 0 Å². The van der Waals surface area contributed by atoms with Gasteiger partial charge in [-0.3, -0.25) is 4.57 Å². The van der Waals surface area contributed by atoms with E-state index in [-0.39, 0.29) is 0 Å². The summed E-state index contributed by atoms with van der Waals surface area (Å²) in [5, 5.41) is 1.14. The molecule has 0 spiro atoms. The maximum Gasteiger partial charge on any atom is 0.215 e. The number of imidazole rings is 1. The Morgan fingerprint density at radius 1 is 0.833 bits per heavy atom. The highest BCUT2D eigenvalue weighted by Gasteiger charge is 2.19. The van der Waals surface area contributed by atoms with Crippen molar-refractivity contribution in [1.29, 1.82) is 0 Å². The van der Waals surface area contributed by atoms with Gasteiger partial charge in [-0.05, 0) is 48.4 Å². The Bertz CT molecular complexity index is 1430. The minimum atomic E-state index is 0.868. The van der Waals surface area contributed by atoms with Gasteiger partial charge in [-0.25, -0.2) is 4.98 Å². The van der Waals surface area contributed by atoms with Gasteiger partial charge in [-0.2, -0.15) is 0 Å². The fourth-order valence-corrected chi connectivity index (χ4v) is 4.22. The van der Waals surface area contributed by atoms with E-state index in [1.54, 1.807) is 0 Å². The summed E-state index contributed by atoms with van der Waals surface area (Å²) in [7, 11) is 2.05. The molecule has 5 rings (SSSR count). The smallest absolute Gasteiger partial charge is 0.215 e. The average Bonchev–Trinajstić information content (AvgIpc) is 3.27. The monoisotopic (exact) mass is 389 g/mol. The quantitative estimate of drug-likeness (QED) is 0.332. The number of aryl methyl sites for hydroxylation is 2. The third kappa shape index (κ3) is 2.63. The first-order chi connectivity index (χ1) is 14.6. The zero-order valence-electron chi connectivity index (χ0n) is 17.3. The maximum atomic E-state index is 4.92. The molecule has 2 aromatic heterocycles. The van der Waals surface area contributed by atoms with Crippen LogP contribution in [0.4, 0.5) is 0 Å². The maximum absolute atomic E-state index is 4.92. The molecule has 0 unspecified atom stereocenters. The van der Waals surface area contributed by atoms with Crippen molar-refractivity contribution in [3.05, 3.63) is 96.7 Å². The molecule has 2 heterocycles. The number of aromatic nitrogens is 3. The number of para-hydroxylation sites is 2. The van der Waals surface area contributed by atoms with Gasteiger partial charge in [0, 0.05) is 18.0 Å². The first kappa shape index (κ1) is 18.2. The predicted molar refractivity (Wildman–Crippen MR) is 128 cm³/mol. The fraction of sp³-hybridized carbons (Fsp3) is 0.0741. The summed E-state index contributed by atoms with van der Waals surface area (Å²) in [6.45, 7) is 10.3. The summed E-state index contributed by atoms with van der Waals surface area (Å²) in [6.07, 6.45) is 3.80. The zero-order valence-corrected chi connectivity index (χ0v) is 17.3. The molecule has 5 aromatic rings. The molecular formula is C27H23N3. The highest BCUT2D eigenvalue weighted by molar-refractivity contribution is 5.97. The number of nitrogens with zero attached hydrogens (tertiary/aromatic N) is 3. The van der Waals surface area contributed by atoms with Crippen LogP contribution in [-0.4, -0.2) is 14.1 Å². The molecule has 3 aromatic carbocycles. The van der Waals surface area contributed by atoms with Crippen molar-refractivity contribution in [2.75, 3.05) is 0 Å². The third-order valence-electron chi connectivity index (χ3n) is 5.79. The second-order valence-corrected chi connectivity index (χ2v) is 7.60. The lowest BCUT2D eigenvalue weighted by atomic mass is 10.0. The summed E-state index contributed by atoms with van der Waals surface area (Å²) >= 11 is 0. The second-order valence-electron chi connectivity index (χ2n) is 7.60. The summed E-state index contributed by atoms with van der Waals surface area (Å²) in [5.74, 6) is 0.868. The van der Waals surface area contributed by atoms with Crippen molar-refractivity contribution in [3.63, 3.8) is 0 Å². The minimum Gasteiger partial charge on any atom is -0.313 e. The lowest BCUT2D eigenvalue weighted by Crippen LogP contribution is -2.05. The molecule has 0 fully saturated rings. The minimum absolute atomic E-state index is 0.868. The molecule has 0 saturated carbocycles. The summed E-state index contributed by atoms with van der Waals surface area (Å²) in [6, 6.07) is 23.4. The molecule has 0 aliphatic carbocycles. The van der Waals surface area contributed by atoms with E-state index < -0.39 is 0 Å². The molecule has 0 N–H and O–H groups in total. The third-order valence-corrected chi connectivity index (χ3v) is 5.79. The SMILES string of the molecule is C=Cc1c(C=C)n(-c2nc3ccccc3n2C)c2ccc(-c3ccc(C)cc3)cc12. The molecule has 0 radical (unpaired) electrons. The van der Waals surface area contributed by atoms with Crippen molar-refractivity contribution >= 4 is 34.1 Å². The van der Waals surface area contributed by atoms with Crippen LogP contribution in [0.5, 0.6) is 0 Å². The average molecular weight is 390 g/mol. The lowest BCUT2D eigenvalue weighted by molar-refractivity contribution is 0.851. The van der Waals surface area contributed by atoms with Gasteiger partial charge >= 0.3 is 0 Å². The molecule has 0 aliphatic rings. The van der Waals surface area contributed by atoms with Crippen molar-refractivity contribution < 1.29 is 0 Å². The Labute approximate surface area is 176 Å². The Kier molecular flexibility index (Phi) is 4.18. The molecule has 3 heteroatoms. The molecule has 0 amide bonds. The molecule has 3 nitrogen and oxygen atoms in total. The second kappa shape index (κ2) is 6.89. The van der Waals surface area contributed by atoms with Crippen LogP contribution in [0.3, 0.4) is 0 Å². The Morgan fingerprint density at radius 3 is 2.27 bits per heavy atom. The van der Waals surface area contributed by atoms with Crippen molar-refractivity contribution in [1.82, 2.24) is 14.1 Å². The lowest BCUT2D eigenvalue weighted by Gasteiger charge is -2.09. The van der Waals surface area contributed by atoms with E-state index in [0.717, 1.165) is 39.1 Å². The van der Waals surface area contributed by atoms with Gasteiger partial charge in [0.15, 0.2) is 0 Å². The van der Waals surface area contributed by atoms with E-state index in [1.807, 2.05) is 30.4 Å². The predicted octanol–water partition coefficient (Wildman–Crippen LogP) is 6.78. The normalized spacial score (nSPS) is 11.3. The van der Waals surface area contributed by atoms with E-state index in [4.69, 9.17) is 4.98 Å². The Balaban J connectivity index is 1.82. The van der Waals surface area contributed by atoms with Crippen LogP contribution in [-0.2, 0) is 7.05 Å². The summed E-state index contributed by atoms with van der Waals surface area (Å²) < 4.78 is 4.31. The van der Waals surface area contributed by atoms with E-state index in [1.165, 1.54) is 16.7 Å². The molecule has 30 heavy (non-hydrogen) atoms. The first-order valence-electron chi connectivity index (χ1n) is 10.0. The number of hydrogen-bond acceptors (Lipinski definition) is 1. The van der Waals surface area contributed by atoms with Gasteiger partial charge in [-0.1, -0.05) is 67.3 Å². The number of hydrogen-bond donors (Lipinski definition) is 0. The molecule has 0 aliphatic heterocycles. The van der Waals surface area contributed by atoms with Gasteiger partial charge in [0.05, 0.1) is 22.2 Å². The van der Waals surface area contributed by atoms with Crippen molar-refractivity contribution in [2.24, 2.45) is 7.05 Å². The topological polar surface area (TPSA) is 22.8 Å². The van der Waals surface area contributed by atoms with Gasteiger partial charge in [0.25, 0.3) is 0 Å². The number of fused-ring (bicyclic) bond motifs is 2. The van der Waals surface area contributed by atoms with Crippen LogP contribution in [0.1, 0.15) is 16.8 Å². The molecule has 146 valence electrons. The Morgan fingerprint density at radius 2 is 1.57 bits per heavy atom. The number of benzene rings is 3. The number of rotatable bonds is 4. The summed E-state index contributed by atoms with van der Waals surface area (Å²) in [5.41, 5.74) is 8.88. The van der Waals surface area contributed by atoms with Crippen molar-refractivity contribution in [3.8, 4) is 17.1 Å². The molecule has 0 bridgehead atoms. The molecule has 0 atom stereocenters. The standard InChI is InChI=1S/C27H23N3/c1-5-21-22-17-20(19-13-11-18(3)12-14-19)15-16-25(22)30(24(21)6-2)27-28-23-9-7-8-10-26(23)29(27)4/h5-17H,1-2H2,3-4H3. The zero-order chi connectivity index (χ0) is 20.8. The van der Waals surface area contributed by atoms with E-state index in [0.29, 0.717) is 0 Å². The van der Waals surface area contributed by atoms with Gasteiger partial charge in [0.2, 0.25) is 5.95 Å². The van der Waals surface area contributed by atoms with Crippen molar-refractivity contribution in [2.45, 2.75) is 6.92 Å². The van der Waals surface area contributed by atoms with Gasteiger partial charge in [-0.15, -0.1) is 0 Å². The molecule has 0 saturated heterocycles. The van der Waals surface area contributed by atoms with Crippen LogP contribution < -0.4 is 0 Å². The van der Waals surface area contributed by atoms with Crippen LogP contribution in [0.25, 0.3) is 51.2 Å². The Hall–Kier alpha value is -3.85. The first-order valence-corrected chi connectivity index (χ1v) is 10.0. The van der Waals surface area contributed by atoms with Gasteiger partial charge < -0.3 is 4.57 Å². The van der Waals surface area contributed by atoms with E-state index in [2.05, 4.69) is 84.8 Å². The highest BCUT2D eigenvalue weighted by Crippen LogP contribution is 2.35. The van der Waals surface area contributed by atoms with Crippen LogP contribution in [0, 0.1) is 6.92 Å². The summed E-state index contributed by atoms with van der Waals surface area (Å²) in [4.78, 5) is 4.92. The van der Waals surface area contributed by atoms with E-state index >= 15 is 0 Å².